The highest BCUT2D eigenvalue weighted by molar-refractivity contribution is 5.78. The van der Waals surface area contributed by atoms with E-state index in [0.29, 0.717) is 12.1 Å². The molecule has 2 aliphatic carbocycles. The number of hydrogen-bond donors (Lipinski definition) is 1. The van der Waals surface area contributed by atoms with E-state index in [9.17, 15) is 0 Å². The third kappa shape index (κ3) is 1.81. The van der Waals surface area contributed by atoms with Gasteiger partial charge in [0.15, 0.2) is 0 Å². The maximum Gasteiger partial charge on any atom is 0.0591 e. The first kappa shape index (κ1) is 11.2. The lowest BCUT2D eigenvalue weighted by Crippen LogP contribution is -2.31. The molecule has 1 heteroatoms. The molecule has 2 aromatic rings. The molecule has 1 saturated carbocycles. The number of rotatable bonds is 3. The highest BCUT2D eigenvalue weighted by Crippen LogP contribution is 2.44. The largest absolute Gasteiger partial charge is 0.303 e. The van der Waals surface area contributed by atoms with Crippen LogP contribution in [0.1, 0.15) is 36.9 Å². The summed E-state index contributed by atoms with van der Waals surface area (Å²) < 4.78 is 0. The van der Waals surface area contributed by atoms with Crippen molar-refractivity contribution in [3.05, 3.63) is 59.7 Å². The highest BCUT2D eigenvalue weighted by atomic mass is 15.0. The van der Waals surface area contributed by atoms with Gasteiger partial charge in [-0.3, -0.25) is 0 Å². The second-order valence-corrected chi connectivity index (χ2v) is 5.90. The van der Waals surface area contributed by atoms with E-state index in [1.807, 2.05) is 0 Å². The molecule has 0 bridgehead atoms. The summed E-state index contributed by atoms with van der Waals surface area (Å²) in [6.07, 6.45) is 2.79. The van der Waals surface area contributed by atoms with Crippen LogP contribution < -0.4 is 5.32 Å². The van der Waals surface area contributed by atoms with Crippen molar-refractivity contribution in [3.8, 4) is 11.1 Å². The Morgan fingerprint density at radius 1 is 0.895 bits per heavy atom. The summed E-state index contributed by atoms with van der Waals surface area (Å²) in [6, 6.07) is 18.6. The van der Waals surface area contributed by atoms with Gasteiger partial charge < -0.3 is 5.32 Å². The maximum atomic E-state index is 3.85. The lowest BCUT2D eigenvalue weighted by atomic mass is 10.0. The number of benzene rings is 2. The normalized spacial score (nSPS) is 19.0. The van der Waals surface area contributed by atoms with E-state index in [1.54, 1.807) is 0 Å². The summed E-state index contributed by atoms with van der Waals surface area (Å²) in [7, 11) is 0. The maximum absolute atomic E-state index is 3.85. The highest BCUT2D eigenvalue weighted by Gasteiger charge is 2.33. The lowest BCUT2D eigenvalue weighted by Gasteiger charge is -2.21. The Morgan fingerprint density at radius 2 is 1.42 bits per heavy atom. The number of fused-ring (bicyclic) bond motifs is 3. The van der Waals surface area contributed by atoms with Crippen molar-refractivity contribution >= 4 is 0 Å². The average molecular weight is 249 g/mol. The third-order valence-corrected chi connectivity index (χ3v) is 4.59. The molecular weight excluding hydrogens is 230 g/mol. The fraction of sp³-hybridized carbons (Fsp3) is 0.333. The summed E-state index contributed by atoms with van der Waals surface area (Å²) in [5.41, 5.74) is 5.68. The fourth-order valence-corrected chi connectivity index (χ4v) is 3.33. The Labute approximate surface area is 114 Å². The summed E-state index contributed by atoms with van der Waals surface area (Å²) >= 11 is 0. The van der Waals surface area contributed by atoms with Crippen LogP contribution >= 0.6 is 0 Å². The minimum absolute atomic E-state index is 0.378. The van der Waals surface area contributed by atoms with Crippen molar-refractivity contribution in [3.63, 3.8) is 0 Å². The molecule has 0 spiro atoms. The van der Waals surface area contributed by atoms with Gasteiger partial charge in [0.25, 0.3) is 0 Å². The first-order chi connectivity index (χ1) is 9.34. The van der Waals surface area contributed by atoms with Crippen LogP contribution in [-0.2, 0) is 0 Å². The first-order valence-corrected chi connectivity index (χ1v) is 7.29. The van der Waals surface area contributed by atoms with Crippen molar-refractivity contribution in [2.45, 2.75) is 31.8 Å². The van der Waals surface area contributed by atoms with E-state index >= 15 is 0 Å². The van der Waals surface area contributed by atoms with Crippen LogP contribution in [0.2, 0.25) is 0 Å². The van der Waals surface area contributed by atoms with Crippen LogP contribution in [0.3, 0.4) is 0 Å². The molecule has 96 valence electrons. The molecule has 0 radical (unpaired) electrons. The number of nitrogens with one attached hydrogen (secondary N) is 1. The quantitative estimate of drug-likeness (QED) is 0.862. The molecule has 1 nitrogen and oxygen atoms in total. The van der Waals surface area contributed by atoms with Crippen LogP contribution in [0.15, 0.2) is 48.5 Å². The van der Waals surface area contributed by atoms with E-state index in [1.165, 1.54) is 35.1 Å². The topological polar surface area (TPSA) is 12.0 Å². The zero-order valence-corrected chi connectivity index (χ0v) is 11.3. The van der Waals surface area contributed by atoms with Gasteiger partial charge in [-0.1, -0.05) is 48.5 Å². The van der Waals surface area contributed by atoms with Crippen molar-refractivity contribution in [1.29, 1.82) is 0 Å². The van der Waals surface area contributed by atoms with Gasteiger partial charge in [0.05, 0.1) is 6.04 Å². The first-order valence-electron chi connectivity index (χ1n) is 7.29. The molecule has 1 atom stereocenters. The fourth-order valence-electron chi connectivity index (χ4n) is 3.33. The van der Waals surface area contributed by atoms with Crippen LogP contribution in [0.4, 0.5) is 0 Å². The van der Waals surface area contributed by atoms with E-state index in [0.717, 1.165) is 5.92 Å². The Kier molecular flexibility index (Phi) is 2.49. The van der Waals surface area contributed by atoms with Crippen LogP contribution in [0, 0.1) is 5.92 Å². The molecule has 0 aliphatic heterocycles. The molecule has 0 amide bonds. The summed E-state index contributed by atoms with van der Waals surface area (Å²) in [5.74, 6) is 0.889. The average Bonchev–Trinajstić information content (AvgIpc) is 3.26. The predicted octanol–water partition coefficient (Wildman–Crippen LogP) is 4.14. The lowest BCUT2D eigenvalue weighted by molar-refractivity contribution is 0.461. The molecule has 4 rings (SSSR count). The molecule has 2 aliphatic rings. The van der Waals surface area contributed by atoms with Crippen molar-refractivity contribution < 1.29 is 0 Å². The van der Waals surface area contributed by atoms with Crippen molar-refractivity contribution in [2.75, 3.05) is 0 Å². The number of hydrogen-bond acceptors (Lipinski definition) is 1. The summed E-state index contributed by atoms with van der Waals surface area (Å²) in [5, 5.41) is 3.85. The van der Waals surface area contributed by atoms with Gasteiger partial charge in [0.2, 0.25) is 0 Å². The van der Waals surface area contributed by atoms with Gasteiger partial charge in [-0.15, -0.1) is 0 Å². The van der Waals surface area contributed by atoms with Crippen LogP contribution in [0.5, 0.6) is 0 Å². The minimum atomic E-state index is 0.378. The Morgan fingerprint density at radius 3 is 1.95 bits per heavy atom. The minimum Gasteiger partial charge on any atom is -0.303 e. The third-order valence-electron chi connectivity index (χ3n) is 4.59. The molecular formula is C18H19N. The molecule has 0 saturated heterocycles. The predicted molar refractivity (Wildman–Crippen MR) is 79.0 cm³/mol. The molecule has 1 unspecified atom stereocenters. The van der Waals surface area contributed by atoms with E-state index < -0.39 is 0 Å². The zero-order valence-electron chi connectivity index (χ0n) is 11.3. The molecule has 1 fully saturated rings. The Bertz CT molecular complexity index is 567. The Hall–Kier alpha value is -1.60. The van der Waals surface area contributed by atoms with Gasteiger partial charge in [-0.25, -0.2) is 0 Å². The monoisotopic (exact) mass is 249 g/mol. The molecule has 19 heavy (non-hydrogen) atoms. The zero-order chi connectivity index (χ0) is 12.8. The van der Waals surface area contributed by atoms with E-state index in [4.69, 9.17) is 0 Å². The molecule has 0 aromatic heterocycles. The molecule has 0 heterocycles. The SMILES string of the molecule is CC(NC1c2ccccc2-c2ccccc21)C1CC1. The summed E-state index contributed by atoms with van der Waals surface area (Å²) in [4.78, 5) is 0. The van der Waals surface area contributed by atoms with Gasteiger partial charge in [-0.2, -0.15) is 0 Å². The standard InChI is InChI=1S/C18H19N/c1-12(13-10-11-13)19-18-16-8-4-2-6-14(16)15-7-3-5-9-17(15)18/h2-9,12-13,18-19H,10-11H2,1H3. The van der Waals surface area contributed by atoms with E-state index in [-0.39, 0.29) is 0 Å². The van der Waals surface area contributed by atoms with Gasteiger partial charge in [-0.05, 0) is 47.9 Å². The van der Waals surface area contributed by atoms with Crippen molar-refractivity contribution in [1.82, 2.24) is 5.32 Å². The van der Waals surface area contributed by atoms with Gasteiger partial charge in [0, 0.05) is 6.04 Å². The smallest absolute Gasteiger partial charge is 0.0591 e. The van der Waals surface area contributed by atoms with Crippen molar-refractivity contribution in [2.24, 2.45) is 5.92 Å². The van der Waals surface area contributed by atoms with E-state index in [2.05, 4.69) is 60.8 Å². The van der Waals surface area contributed by atoms with Gasteiger partial charge in [0.1, 0.15) is 0 Å². The second kappa shape index (κ2) is 4.21. The van der Waals surface area contributed by atoms with Crippen LogP contribution in [-0.4, -0.2) is 6.04 Å². The molecule has 2 aromatic carbocycles. The Balaban J connectivity index is 1.77. The molecule has 1 N–H and O–H groups in total. The van der Waals surface area contributed by atoms with Crippen LogP contribution in [0.25, 0.3) is 11.1 Å². The van der Waals surface area contributed by atoms with Gasteiger partial charge >= 0.3 is 0 Å². The second-order valence-electron chi connectivity index (χ2n) is 5.90. The summed E-state index contributed by atoms with van der Waals surface area (Å²) in [6.45, 7) is 2.33.